The summed E-state index contributed by atoms with van der Waals surface area (Å²) in [6.45, 7) is -2.85. The first kappa shape index (κ1) is 13.3. The summed E-state index contributed by atoms with van der Waals surface area (Å²) in [6, 6.07) is 9.27. The third kappa shape index (κ3) is 3.19. The van der Waals surface area contributed by atoms with E-state index in [2.05, 4.69) is 4.74 Å². The Morgan fingerprint density at radius 3 is 2.28 bits per heavy atom. The summed E-state index contributed by atoms with van der Waals surface area (Å²) in [7, 11) is 0. The zero-order valence-electron chi connectivity index (χ0n) is 9.02. The van der Waals surface area contributed by atoms with Crippen molar-refractivity contribution in [3.05, 3.63) is 51.2 Å². The molecule has 2 nitrogen and oxygen atoms in total. The normalized spacial score (nSPS) is 12.7. The highest BCUT2D eigenvalue weighted by Crippen LogP contribution is 2.31. The molecule has 96 valence electrons. The second-order valence-electron chi connectivity index (χ2n) is 3.49. The topological polar surface area (TPSA) is 29.5 Å². The lowest BCUT2D eigenvalue weighted by molar-refractivity contribution is -0.0498. The van der Waals surface area contributed by atoms with Crippen LogP contribution in [-0.2, 0) is 0 Å². The Bertz CT molecular complexity index is 513. The van der Waals surface area contributed by atoms with Crippen LogP contribution in [0.15, 0.2) is 36.4 Å². The fraction of sp³-hybridized carbons (Fsp3) is 0.167. The maximum Gasteiger partial charge on any atom is 0.387 e. The first-order valence-electron chi connectivity index (χ1n) is 5.04. The third-order valence-corrected chi connectivity index (χ3v) is 3.57. The van der Waals surface area contributed by atoms with Crippen molar-refractivity contribution in [2.24, 2.45) is 0 Å². The molecule has 2 rings (SSSR count). The van der Waals surface area contributed by atoms with E-state index in [1.165, 1.54) is 35.6 Å². The minimum absolute atomic E-state index is 0.0603. The standard InChI is InChI=1S/C12H9ClF2O2S/c13-10-6-5-9(18-10)11(16)7-1-3-8(4-2-7)17-12(14)15/h1-6,11-12,16H. The second kappa shape index (κ2) is 5.65. The van der Waals surface area contributed by atoms with Crippen LogP contribution in [0.3, 0.4) is 0 Å². The smallest absolute Gasteiger partial charge is 0.387 e. The number of aliphatic hydroxyl groups is 1. The van der Waals surface area contributed by atoms with Gasteiger partial charge in [0.15, 0.2) is 0 Å². The number of hydrogen-bond donors (Lipinski definition) is 1. The summed E-state index contributed by atoms with van der Waals surface area (Å²) in [6.07, 6.45) is -0.817. The lowest BCUT2D eigenvalue weighted by Gasteiger charge is -2.10. The first-order valence-corrected chi connectivity index (χ1v) is 6.24. The molecule has 0 aliphatic rings. The molecule has 1 unspecified atom stereocenters. The quantitative estimate of drug-likeness (QED) is 0.919. The van der Waals surface area contributed by atoms with Gasteiger partial charge in [0, 0.05) is 4.88 Å². The van der Waals surface area contributed by atoms with E-state index in [0.717, 1.165) is 0 Å². The summed E-state index contributed by atoms with van der Waals surface area (Å²) in [5, 5.41) is 10.0. The second-order valence-corrected chi connectivity index (χ2v) is 5.24. The molecular formula is C12H9ClF2O2S. The molecule has 1 N–H and O–H groups in total. The molecule has 18 heavy (non-hydrogen) atoms. The van der Waals surface area contributed by atoms with Gasteiger partial charge in [-0.3, -0.25) is 0 Å². The van der Waals surface area contributed by atoms with Gasteiger partial charge in [-0.1, -0.05) is 23.7 Å². The van der Waals surface area contributed by atoms with Gasteiger partial charge in [-0.25, -0.2) is 0 Å². The van der Waals surface area contributed by atoms with Gasteiger partial charge in [0.1, 0.15) is 11.9 Å². The van der Waals surface area contributed by atoms with Gasteiger partial charge in [-0.05, 0) is 29.8 Å². The summed E-state index contributed by atoms with van der Waals surface area (Å²) in [5.41, 5.74) is 0.593. The van der Waals surface area contributed by atoms with Crippen molar-refractivity contribution in [2.45, 2.75) is 12.7 Å². The van der Waals surface area contributed by atoms with Crippen molar-refractivity contribution in [2.75, 3.05) is 0 Å². The number of aliphatic hydroxyl groups excluding tert-OH is 1. The average Bonchev–Trinajstić information content (AvgIpc) is 2.75. The highest BCUT2D eigenvalue weighted by molar-refractivity contribution is 7.16. The maximum absolute atomic E-state index is 12.0. The molecule has 0 aliphatic carbocycles. The lowest BCUT2D eigenvalue weighted by atomic mass is 10.1. The van der Waals surface area contributed by atoms with Crippen LogP contribution in [0.1, 0.15) is 16.5 Å². The van der Waals surface area contributed by atoms with Gasteiger partial charge in [0.25, 0.3) is 0 Å². The Morgan fingerprint density at radius 2 is 1.78 bits per heavy atom. The van der Waals surface area contributed by atoms with Crippen molar-refractivity contribution < 1.29 is 18.6 Å². The Labute approximate surface area is 111 Å². The molecule has 0 amide bonds. The van der Waals surface area contributed by atoms with E-state index in [0.29, 0.717) is 14.8 Å². The number of rotatable bonds is 4. The summed E-state index contributed by atoms with van der Waals surface area (Å²) in [4.78, 5) is 0.697. The fourth-order valence-electron chi connectivity index (χ4n) is 1.47. The molecule has 1 aromatic heterocycles. The summed E-state index contributed by atoms with van der Waals surface area (Å²) < 4.78 is 28.7. The van der Waals surface area contributed by atoms with Crippen molar-refractivity contribution in [3.8, 4) is 5.75 Å². The van der Waals surface area contributed by atoms with E-state index in [-0.39, 0.29) is 5.75 Å². The Hall–Kier alpha value is -1.17. The lowest BCUT2D eigenvalue weighted by Crippen LogP contribution is -2.02. The van der Waals surface area contributed by atoms with E-state index in [1.807, 2.05) is 0 Å². The fourth-order valence-corrected chi connectivity index (χ4v) is 2.55. The Morgan fingerprint density at radius 1 is 1.11 bits per heavy atom. The molecule has 1 heterocycles. The van der Waals surface area contributed by atoms with E-state index < -0.39 is 12.7 Å². The van der Waals surface area contributed by atoms with Crippen LogP contribution < -0.4 is 4.74 Å². The highest BCUT2D eigenvalue weighted by atomic mass is 35.5. The minimum Gasteiger partial charge on any atom is -0.435 e. The van der Waals surface area contributed by atoms with E-state index in [9.17, 15) is 13.9 Å². The molecular weight excluding hydrogens is 282 g/mol. The average molecular weight is 291 g/mol. The third-order valence-electron chi connectivity index (χ3n) is 2.28. The molecule has 0 bridgehead atoms. The molecule has 0 aliphatic heterocycles. The monoisotopic (exact) mass is 290 g/mol. The van der Waals surface area contributed by atoms with Gasteiger partial charge < -0.3 is 9.84 Å². The van der Waals surface area contributed by atoms with E-state index >= 15 is 0 Å². The van der Waals surface area contributed by atoms with Crippen molar-refractivity contribution in [1.82, 2.24) is 0 Å². The van der Waals surface area contributed by atoms with Crippen LogP contribution in [0.5, 0.6) is 5.75 Å². The molecule has 0 fully saturated rings. The van der Waals surface area contributed by atoms with Crippen LogP contribution >= 0.6 is 22.9 Å². The van der Waals surface area contributed by atoms with Crippen LogP contribution in [0, 0.1) is 0 Å². The minimum atomic E-state index is -2.85. The predicted molar refractivity (Wildman–Crippen MR) is 66.5 cm³/mol. The first-order chi connectivity index (χ1) is 8.56. The molecule has 0 spiro atoms. The number of thiophene rings is 1. The maximum atomic E-state index is 12.0. The largest absolute Gasteiger partial charge is 0.435 e. The number of benzene rings is 1. The van der Waals surface area contributed by atoms with Crippen LogP contribution in [0.4, 0.5) is 8.78 Å². The van der Waals surface area contributed by atoms with Gasteiger partial charge in [-0.15, -0.1) is 11.3 Å². The van der Waals surface area contributed by atoms with E-state index in [4.69, 9.17) is 11.6 Å². The van der Waals surface area contributed by atoms with Gasteiger partial charge in [-0.2, -0.15) is 8.78 Å². The van der Waals surface area contributed by atoms with Crippen LogP contribution in [-0.4, -0.2) is 11.7 Å². The van der Waals surface area contributed by atoms with Crippen LogP contribution in [0.25, 0.3) is 0 Å². The molecule has 2 aromatic rings. The van der Waals surface area contributed by atoms with Crippen molar-refractivity contribution in [3.63, 3.8) is 0 Å². The summed E-state index contributed by atoms with van der Waals surface area (Å²) in [5.74, 6) is 0.0603. The van der Waals surface area contributed by atoms with Crippen LogP contribution in [0.2, 0.25) is 4.34 Å². The van der Waals surface area contributed by atoms with E-state index in [1.54, 1.807) is 12.1 Å². The number of ether oxygens (including phenoxy) is 1. The van der Waals surface area contributed by atoms with Crippen molar-refractivity contribution >= 4 is 22.9 Å². The zero-order chi connectivity index (χ0) is 13.1. The SMILES string of the molecule is OC(c1ccc(OC(F)F)cc1)c1ccc(Cl)s1. The molecule has 1 atom stereocenters. The zero-order valence-corrected chi connectivity index (χ0v) is 10.6. The molecule has 6 heteroatoms. The Kier molecular flexibility index (Phi) is 4.16. The van der Waals surface area contributed by atoms with Crippen molar-refractivity contribution in [1.29, 1.82) is 0 Å². The predicted octanol–water partition coefficient (Wildman–Crippen LogP) is 4.08. The van der Waals surface area contributed by atoms with Gasteiger partial charge in [0.2, 0.25) is 0 Å². The number of hydrogen-bond acceptors (Lipinski definition) is 3. The molecule has 0 saturated carbocycles. The summed E-state index contributed by atoms with van der Waals surface area (Å²) >= 11 is 7.05. The molecule has 1 aromatic carbocycles. The Balaban J connectivity index is 2.14. The molecule has 0 radical (unpaired) electrons. The van der Waals surface area contributed by atoms with Gasteiger partial charge in [0.05, 0.1) is 4.34 Å². The number of alkyl halides is 2. The number of halogens is 3. The molecule has 0 saturated heterocycles. The van der Waals surface area contributed by atoms with Gasteiger partial charge >= 0.3 is 6.61 Å². The highest BCUT2D eigenvalue weighted by Gasteiger charge is 2.13.